The third-order valence-corrected chi connectivity index (χ3v) is 1.95. The Kier molecular flexibility index (Phi) is 2.03. The average molecular weight is 191 g/mol. The summed E-state index contributed by atoms with van der Waals surface area (Å²) in [6.45, 7) is 2.08. The van der Waals surface area contributed by atoms with Gasteiger partial charge in [0.15, 0.2) is 5.78 Å². The quantitative estimate of drug-likeness (QED) is 0.583. The predicted molar refractivity (Wildman–Crippen MR) is 37.4 cm³/mol. The zero-order valence-corrected chi connectivity index (χ0v) is 6.64. The van der Waals surface area contributed by atoms with Crippen LogP contribution in [0.15, 0.2) is 11.6 Å². The molecule has 0 aromatic rings. The van der Waals surface area contributed by atoms with E-state index < -0.39 is 0 Å². The van der Waals surface area contributed by atoms with E-state index in [2.05, 4.69) is 15.9 Å². The van der Waals surface area contributed by atoms with Gasteiger partial charge in [-0.05, 0) is 13.0 Å². The highest BCUT2D eigenvalue weighted by Crippen LogP contribution is 2.19. The number of hydrogen-bond donors (Lipinski definition) is 0. The van der Waals surface area contributed by atoms with Crippen LogP contribution in [0.3, 0.4) is 0 Å². The fourth-order valence-electron chi connectivity index (χ4n) is 0.708. The van der Waals surface area contributed by atoms with E-state index in [0.29, 0.717) is 6.61 Å². The second kappa shape index (κ2) is 2.62. The smallest absolute Gasteiger partial charge is 0.159 e. The number of alkyl halides is 1. The minimum atomic E-state index is -0.171. The summed E-state index contributed by atoms with van der Waals surface area (Å²) in [6.07, 6.45) is 1.79. The van der Waals surface area contributed by atoms with Gasteiger partial charge in [0.2, 0.25) is 0 Å². The number of halogens is 1. The summed E-state index contributed by atoms with van der Waals surface area (Å²) in [6, 6.07) is 0. The normalized spacial score (nSPS) is 26.0. The lowest BCUT2D eigenvalue weighted by Gasteiger charge is -2.01. The fraction of sp³-hybridized carbons (Fsp3) is 0.500. The van der Waals surface area contributed by atoms with Crippen LogP contribution in [0.1, 0.15) is 6.92 Å². The van der Waals surface area contributed by atoms with E-state index in [1.165, 1.54) is 6.92 Å². The Hall–Kier alpha value is -0.150. The van der Waals surface area contributed by atoms with Crippen molar-refractivity contribution in [1.29, 1.82) is 0 Å². The van der Waals surface area contributed by atoms with E-state index in [1.54, 1.807) is 6.08 Å². The molecule has 0 aromatic heterocycles. The Balaban J connectivity index is 2.68. The van der Waals surface area contributed by atoms with Crippen molar-refractivity contribution in [2.75, 3.05) is 6.61 Å². The van der Waals surface area contributed by atoms with Crippen LogP contribution < -0.4 is 0 Å². The molecule has 1 heterocycles. The number of carbonyl (C=O) groups is 1. The number of carbonyl (C=O) groups excluding carboxylic acids is 1. The second-order valence-electron chi connectivity index (χ2n) is 1.87. The first-order valence-electron chi connectivity index (χ1n) is 2.68. The van der Waals surface area contributed by atoms with Gasteiger partial charge in [-0.15, -0.1) is 0 Å². The molecule has 0 saturated heterocycles. The molecule has 50 valence electrons. The van der Waals surface area contributed by atoms with Gasteiger partial charge in [-0.2, -0.15) is 0 Å². The first kappa shape index (κ1) is 6.96. The van der Waals surface area contributed by atoms with E-state index in [4.69, 9.17) is 4.74 Å². The summed E-state index contributed by atoms with van der Waals surface area (Å²) < 4.78 is 5.03. The van der Waals surface area contributed by atoms with Gasteiger partial charge in [0.25, 0.3) is 0 Å². The van der Waals surface area contributed by atoms with Gasteiger partial charge in [-0.1, -0.05) is 15.9 Å². The number of ether oxygens (including phenoxy) is 1. The lowest BCUT2D eigenvalue weighted by molar-refractivity contribution is -0.114. The van der Waals surface area contributed by atoms with E-state index in [0.717, 1.165) is 5.57 Å². The van der Waals surface area contributed by atoms with Crippen molar-refractivity contribution in [3.63, 3.8) is 0 Å². The van der Waals surface area contributed by atoms with Crippen LogP contribution in [0.4, 0.5) is 0 Å². The zero-order valence-electron chi connectivity index (χ0n) is 5.06. The average Bonchev–Trinajstić information content (AvgIpc) is 2.13. The summed E-state index contributed by atoms with van der Waals surface area (Å²) in [4.78, 5) is 10.7. The Bertz CT molecular complexity index is 162. The molecule has 0 bridgehead atoms. The van der Waals surface area contributed by atoms with Crippen LogP contribution in [-0.4, -0.2) is 17.4 Å². The molecule has 0 amide bonds. The van der Waals surface area contributed by atoms with Crippen LogP contribution >= 0.6 is 15.9 Å². The molecule has 0 fully saturated rings. The highest BCUT2D eigenvalue weighted by molar-refractivity contribution is 9.09. The maximum Gasteiger partial charge on any atom is 0.159 e. The molecule has 1 unspecified atom stereocenters. The van der Waals surface area contributed by atoms with Crippen molar-refractivity contribution in [3.8, 4) is 0 Å². The van der Waals surface area contributed by atoms with Crippen molar-refractivity contribution in [2.45, 2.75) is 11.9 Å². The monoisotopic (exact) mass is 190 g/mol. The summed E-state index contributed by atoms with van der Waals surface area (Å²) in [5.41, 5.74) is 0.731. The Morgan fingerprint density at radius 3 is 2.89 bits per heavy atom. The van der Waals surface area contributed by atoms with E-state index >= 15 is 0 Å². The van der Waals surface area contributed by atoms with Gasteiger partial charge in [-0.3, -0.25) is 4.79 Å². The largest absolute Gasteiger partial charge is 0.358 e. The van der Waals surface area contributed by atoms with Crippen molar-refractivity contribution in [1.82, 2.24) is 0 Å². The molecule has 1 rings (SSSR count). The van der Waals surface area contributed by atoms with Crippen molar-refractivity contribution >= 4 is 21.7 Å². The lowest BCUT2D eigenvalue weighted by Crippen LogP contribution is -2.06. The minimum absolute atomic E-state index is 0.0781. The molecule has 0 radical (unpaired) electrons. The van der Waals surface area contributed by atoms with Gasteiger partial charge in [0.05, 0.1) is 6.61 Å². The molecule has 0 spiro atoms. The highest BCUT2D eigenvalue weighted by Gasteiger charge is 2.19. The lowest BCUT2D eigenvalue weighted by atomic mass is 10.2. The topological polar surface area (TPSA) is 26.3 Å². The number of hydrogen-bond acceptors (Lipinski definition) is 2. The number of Topliss-reactive ketones (excluding diaryl/α,β-unsaturated/α-hetero) is 1. The molecule has 2 nitrogen and oxygen atoms in total. The van der Waals surface area contributed by atoms with Gasteiger partial charge in [-0.25, -0.2) is 0 Å². The molecule has 0 saturated carbocycles. The van der Waals surface area contributed by atoms with E-state index in [9.17, 15) is 4.79 Å². The SMILES string of the molecule is CC(=O)C1=CCOC1Br. The Morgan fingerprint density at radius 1 is 2.00 bits per heavy atom. The molecular weight excluding hydrogens is 184 g/mol. The molecule has 1 aliphatic heterocycles. The molecule has 1 aliphatic rings. The maximum atomic E-state index is 10.7. The summed E-state index contributed by atoms with van der Waals surface area (Å²) in [5.74, 6) is 0.0781. The molecule has 3 heteroatoms. The first-order valence-corrected chi connectivity index (χ1v) is 3.60. The number of rotatable bonds is 1. The van der Waals surface area contributed by atoms with Gasteiger partial charge >= 0.3 is 0 Å². The summed E-state index contributed by atoms with van der Waals surface area (Å²) in [7, 11) is 0. The Labute approximate surface area is 62.0 Å². The van der Waals surface area contributed by atoms with E-state index in [1.807, 2.05) is 0 Å². The molecular formula is C6H7BrO2. The maximum absolute atomic E-state index is 10.7. The second-order valence-corrected chi connectivity index (χ2v) is 2.70. The van der Waals surface area contributed by atoms with Crippen molar-refractivity contribution < 1.29 is 9.53 Å². The van der Waals surface area contributed by atoms with Crippen LogP contribution in [0.2, 0.25) is 0 Å². The molecule has 0 aromatic carbocycles. The fourth-order valence-corrected chi connectivity index (χ4v) is 1.37. The molecule has 0 aliphatic carbocycles. The van der Waals surface area contributed by atoms with Crippen molar-refractivity contribution in [2.24, 2.45) is 0 Å². The van der Waals surface area contributed by atoms with Gasteiger partial charge in [0.1, 0.15) is 5.01 Å². The predicted octanol–water partition coefficient (Wildman–Crippen LogP) is 1.25. The highest BCUT2D eigenvalue weighted by atomic mass is 79.9. The van der Waals surface area contributed by atoms with Crippen LogP contribution in [0, 0.1) is 0 Å². The standard InChI is InChI=1S/C6H7BrO2/c1-4(8)5-2-3-9-6(5)7/h2,6H,3H2,1H3. The van der Waals surface area contributed by atoms with Crippen LogP contribution in [0.25, 0.3) is 0 Å². The summed E-state index contributed by atoms with van der Waals surface area (Å²) in [5, 5.41) is -0.171. The zero-order chi connectivity index (χ0) is 6.85. The molecule has 9 heavy (non-hydrogen) atoms. The third kappa shape index (κ3) is 1.40. The molecule has 0 N–H and O–H groups in total. The van der Waals surface area contributed by atoms with Gasteiger partial charge < -0.3 is 4.74 Å². The third-order valence-electron chi connectivity index (χ3n) is 1.20. The summed E-state index contributed by atoms with van der Waals surface area (Å²) >= 11 is 3.19. The van der Waals surface area contributed by atoms with Gasteiger partial charge in [0, 0.05) is 5.57 Å². The van der Waals surface area contributed by atoms with Crippen LogP contribution in [-0.2, 0) is 9.53 Å². The number of ketones is 1. The minimum Gasteiger partial charge on any atom is -0.358 e. The molecule has 1 atom stereocenters. The van der Waals surface area contributed by atoms with Crippen LogP contribution in [0.5, 0.6) is 0 Å². The van der Waals surface area contributed by atoms with E-state index in [-0.39, 0.29) is 10.8 Å². The first-order chi connectivity index (χ1) is 4.22. The van der Waals surface area contributed by atoms with Crippen molar-refractivity contribution in [3.05, 3.63) is 11.6 Å². The Morgan fingerprint density at radius 2 is 2.67 bits per heavy atom.